The zero-order valence-electron chi connectivity index (χ0n) is 14.9. The van der Waals surface area contributed by atoms with E-state index in [9.17, 15) is 0 Å². The Hall–Kier alpha value is -3.20. The van der Waals surface area contributed by atoms with Gasteiger partial charge in [0, 0.05) is 23.2 Å². The molecule has 0 spiro atoms. The predicted molar refractivity (Wildman–Crippen MR) is 105 cm³/mol. The monoisotopic (exact) mass is 343 g/mol. The molecule has 3 heteroatoms. The topological polar surface area (TPSA) is 23.4 Å². The fourth-order valence-corrected chi connectivity index (χ4v) is 3.45. The van der Waals surface area contributed by atoms with E-state index in [-0.39, 0.29) is 6.04 Å². The van der Waals surface area contributed by atoms with Crippen molar-refractivity contribution in [1.29, 1.82) is 0 Å². The van der Waals surface area contributed by atoms with Crippen LogP contribution >= 0.6 is 0 Å². The summed E-state index contributed by atoms with van der Waals surface area (Å²) >= 11 is 0. The number of methoxy groups -OCH3 is 2. The summed E-state index contributed by atoms with van der Waals surface area (Å²) in [6, 6.07) is 25.3. The van der Waals surface area contributed by atoms with E-state index in [2.05, 4.69) is 65.5 Å². The fraction of sp³-hybridized carbons (Fsp3) is 0.130. The molecule has 3 aromatic carbocycles. The summed E-state index contributed by atoms with van der Waals surface area (Å²) in [6.45, 7) is 0. The van der Waals surface area contributed by atoms with E-state index in [4.69, 9.17) is 9.47 Å². The Kier molecular flexibility index (Phi) is 4.36. The van der Waals surface area contributed by atoms with Crippen molar-refractivity contribution in [3.8, 4) is 11.5 Å². The number of rotatable bonds is 5. The van der Waals surface area contributed by atoms with E-state index in [1.807, 2.05) is 24.3 Å². The van der Waals surface area contributed by atoms with E-state index >= 15 is 0 Å². The van der Waals surface area contributed by atoms with Crippen molar-refractivity contribution in [3.63, 3.8) is 0 Å². The minimum Gasteiger partial charge on any atom is -0.493 e. The number of aromatic nitrogens is 1. The van der Waals surface area contributed by atoms with Gasteiger partial charge in [-0.2, -0.15) is 0 Å². The van der Waals surface area contributed by atoms with Gasteiger partial charge in [0.15, 0.2) is 11.5 Å². The molecule has 130 valence electrons. The van der Waals surface area contributed by atoms with Crippen LogP contribution in [-0.4, -0.2) is 18.8 Å². The molecule has 26 heavy (non-hydrogen) atoms. The molecule has 3 nitrogen and oxygen atoms in total. The number of fused-ring (bicyclic) bond motifs is 1. The lowest BCUT2D eigenvalue weighted by molar-refractivity contribution is 0.356. The molecular weight excluding hydrogens is 322 g/mol. The minimum atomic E-state index is 0.113. The molecule has 0 saturated carbocycles. The summed E-state index contributed by atoms with van der Waals surface area (Å²) < 4.78 is 13.2. The molecular formula is C23H21NO2. The van der Waals surface area contributed by atoms with E-state index in [0.717, 1.165) is 22.3 Å². The highest BCUT2D eigenvalue weighted by Crippen LogP contribution is 2.35. The van der Waals surface area contributed by atoms with Gasteiger partial charge in [0.2, 0.25) is 0 Å². The average molecular weight is 343 g/mol. The average Bonchev–Trinajstić information content (AvgIpc) is 3.11. The van der Waals surface area contributed by atoms with E-state index in [1.54, 1.807) is 14.2 Å². The third-order valence-electron chi connectivity index (χ3n) is 4.69. The van der Waals surface area contributed by atoms with Gasteiger partial charge in [-0.05, 0) is 23.3 Å². The van der Waals surface area contributed by atoms with E-state index in [0.29, 0.717) is 0 Å². The summed E-state index contributed by atoms with van der Waals surface area (Å²) in [4.78, 5) is 0. The van der Waals surface area contributed by atoms with Gasteiger partial charge in [-0.3, -0.25) is 0 Å². The van der Waals surface area contributed by atoms with Crippen LogP contribution in [0.2, 0.25) is 0 Å². The Morgan fingerprint density at radius 1 is 0.654 bits per heavy atom. The first-order valence-electron chi connectivity index (χ1n) is 8.63. The largest absolute Gasteiger partial charge is 0.493 e. The SMILES string of the molecule is COc1cc2cn(C(c3ccccc3)c3ccccc3)cc2cc1OC. The van der Waals surface area contributed by atoms with Gasteiger partial charge in [0.05, 0.1) is 20.3 Å². The first kappa shape index (κ1) is 16.3. The second-order valence-electron chi connectivity index (χ2n) is 6.27. The molecule has 0 fully saturated rings. The van der Waals surface area contributed by atoms with Gasteiger partial charge < -0.3 is 14.0 Å². The highest BCUT2D eigenvalue weighted by molar-refractivity contribution is 5.86. The lowest BCUT2D eigenvalue weighted by Crippen LogP contribution is -2.10. The molecule has 0 amide bonds. The summed E-state index contributed by atoms with van der Waals surface area (Å²) in [5, 5.41) is 2.25. The van der Waals surface area contributed by atoms with Crippen molar-refractivity contribution in [2.24, 2.45) is 0 Å². The summed E-state index contributed by atoms with van der Waals surface area (Å²) in [6.07, 6.45) is 4.34. The Morgan fingerprint density at radius 2 is 1.08 bits per heavy atom. The van der Waals surface area contributed by atoms with Crippen molar-refractivity contribution in [1.82, 2.24) is 4.57 Å². The van der Waals surface area contributed by atoms with Gasteiger partial charge >= 0.3 is 0 Å². The Labute approximate surface area is 153 Å². The third kappa shape index (κ3) is 2.92. The quantitative estimate of drug-likeness (QED) is 0.491. The molecule has 0 aliphatic carbocycles. The molecule has 0 saturated heterocycles. The standard InChI is InChI=1S/C23H21NO2/c1-25-21-13-19-15-24(16-20(19)14-22(21)26-2)23(17-9-5-3-6-10-17)18-11-7-4-8-12-18/h3-16,23H,1-2H3. The molecule has 0 aliphatic heterocycles. The van der Waals surface area contributed by atoms with Gasteiger partial charge in [-0.25, -0.2) is 0 Å². The van der Waals surface area contributed by atoms with Crippen LogP contribution in [0.5, 0.6) is 11.5 Å². The second kappa shape index (κ2) is 6.96. The summed E-state index contributed by atoms with van der Waals surface area (Å²) in [5.41, 5.74) is 2.50. The molecule has 0 radical (unpaired) electrons. The molecule has 1 heterocycles. The van der Waals surface area contributed by atoms with Gasteiger partial charge in [-0.15, -0.1) is 0 Å². The Bertz CT molecular complexity index is 926. The van der Waals surface area contributed by atoms with Crippen LogP contribution in [0.1, 0.15) is 17.2 Å². The van der Waals surface area contributed by atoms with Crippen LogP contribution in [0.25, 0.3) is 10.8 Å². The van der Waals surface area contributed by atoms with Crippen molar-refractivity contribution in [3.05, 3.63) is 96.3 Å². The lowest BCUT2D eigenvalue weighted by atomic mass is 9.98. The number of hydrogen-bond acceptors (Lipinski definition) is 2. The maximum atomic E-state index is 5.45. The predicted octanol–water partition coefficient (Wildman–Crippen LogP) is 5.30. The molecule has 0 atom stereocenters. The Balaban J connectivity index is 1.88. The minimum absolute atomic E-state index is 0.113. The molecule has 0 unspecified atom stereocenters. The van der Waals surface area contributed by atoms with Crippen LogP contribution < -0.4 is 9.47 Å². The molecule has 0 N–H and O–H groups in total. The third-order valence-corrected chi connectivity index (χ3v) is 4.69. The number of ether oxygens (including phenoxy) is 2. The van der Waals surface area contributed by atoms with Crippen LogP contribution in [0.15, 0.2) is 85.2 Å². The maximum absolute atomic E-state index is 5.45. The first-order chi connectivity index (χ1) is 12.8. The van der Waals surface area contributed by atoms with Crippen molar-refractivity contribution < 1.29 is 9.47 Å². The highest BCUT2D eigenvalue weighted by Gasteiger charge is 2.17. The number of nitrogens with zero attached hydrogens (tertiary/aromatic N) is 1. The van der Waals surface area contributed by atoms with Gasteiger partial charge in [0.1, 0.15) is 0 Å². The van der Waals surface area contributed by atoms with Crippen LogP contribution in [-0.2, 0) is 0 Å². The van der Waals surface area contributed by atoms with Crippen molar-refractivity contribution in [2.75, 3.05) is 14.2 Å². The fourth-order valence-electron chi connectivity index (χ4n) is 3.45. The lowest BCUT2D eigenvalue weighted by Gasteiger charge is -2.20. The summed E-state index contributed by atoms with van der Waals surface area (Å²) in [5.74, 6) is 1.49. The van der Waals surface area contributed by atoms with Crippen LogP contribution in [0.3, 0.4) is 0 Å². The number of benzene rings is 3. The number of hydrogen-bond donors (Lipinski definition) is 0. The Morgan fingerprint density at radius 3 is 1.46 bits per heavy atom. The molecule has 1 aromatic heterocycles. The molecule has 0 bridgehead atoms. The van der Waals surface area contributed by atoms with Crippen LogP contribution in [0, 0.1) is 0 Å². The van der Waals surface area contributed by atoms with Crippen molar-refractivity contribution in [2.45, 2.75) is 6.04 Å². The first-order valence-corrected chi connectivity index (χ1v) is 8.63. The highest BCUT2D eigenvalue weighted by atomic mass is 16.5. The van der Waals surface area contributed by atoms with Crippen LogP contribution in [0.4, 0.5) is 0 Å². The summed E-state index contributed by atoms with van der Waals surface area (Å²) in [7, 11) is 3.33. The van der Waals surface area contributed by atoms with Gasteiger partial charge in [0.25, 0.3) is 0 Å². The molecule has 4 aromatic rings. The van der Waals surface area contributed by atoms with Crippen molar-refractivity contribution >= 4 is 10.8 Å². The van der Waals surface area contributed by atoms with E-state index in [1.165, 1.54) is 11.1 Å². The molecule has 4 rings (SSSR count). The second-order valence-corrected chi connectivity index (χ2v) is 6.27. The zero-order chi connectivity index (χ0) is 17.9. The zero-order valence-corrected chi connectivity index (χ0v) is 14.9. The smallest absolute Gasteiger partial charge is 0.161 e. The molecule has 0 aliphatic rings. The van der Waals surface area contributed by atoms with E-state index < -0.39 is 0 Å². The maximum Gasteiger partial charge on any atom is 0.161 e. The normalized spacial score (nSPS) is 11.0. The van der Waals surface area contributed by atoms with Gasteiger partial charge in [-0.1, -0.05) is 60.7 Å².